The molecule has 208 valence electrons. The Labute approximate surface area is 265 Å². The van der Waals surface area contributed by atoms with Crippen LogP contribution in [0.3, 0.4) is 0 Å². The predicted molar refractivity (Wildman–Crippen MR) is 174 cm³/mol. The van der Waals surface area contributed by atoms with Gasteiger partial charge in [-0.25, -0.2) is 4.99 Å². The van der Waals surface area contributed by atoms with Crippen LogP contribution >= 0.6 is 50.5 Å². The fraction of sp³-hybridized carbons (Fsp3) is 0.118. The highest BCUT2D eigenvalue weighted by atomic mass is 79.9. The molecule has 5 aromatic rings. The summed E-state index contributed by atoms with van der Waals surface area (Å²) in [5.74, 6) is 0.709. The molecule has 1 atom stereocenters. The Hall–Kier alpha value is -3.42. The highest BCUT2D eigenvalue weighted by Gasteiger charge is 2.32. The van der Waals surface area contributed by atoms with E-state index in [1.165, 1.54) is 22.5 Å². The molecule has 2 aliphatic rings. The zero-order chi connectivity index (χ0) is 28.8. The second-order valence-corrected chi connectivity index (χ2v) is 13.0. The number of aryl methyl sites for hydroxylation is 1. The van der Waals surface area contributed by atoms with Crippen LogP contribution in [0.15, 0.2) is 111 Å². The lowest BCUT2D eigenvalue weighted by atomic mass is 9.83. The molecule has 0 amide bonds. The van der Waals surface area contributed by atoms with Crippen LogP contribution in [0.1, 0.15) is 40.3 Å². The summed E-state index contributed by atoms with van der Waals surface area (Å²) in [5.41, 5.74) is 7.47. The summed E-state index contributed by atoms with van der Waals surface area (Å²) in [6.45, 7) is 0.331. The van der Waals surface area contributed by atoms with Crippen molar-refractivity contribution in [3.63, 3.8) is 0 Å². The Morgan fingerprint density at radius 3 is 2.55 bits per heavy atom. The fourth-order valence-corrected chi connectivity index (χ4v) is 7.31. The summed E-state index contributed by atoms with van der Waals surface area (Å²) in [6.07, 6.45) is 3.72. The van der Waals surface area contributed by atoms with Gasteiger partial charge in [0.25, 0.3) is 5.56 Å². The Balaban J connectivity index is 1.26. The minimum atomic E-state index is -0.199. The number of fused-ring (bicyclic) bond motifs is 3. The number of hydrogen-bond acceptors (Lipinski definition) is 4. The van der Waals surface area contributed by atoms with E-state index < -0.39 is 0 Å². The molecule has 0 radical (unpaired) electrons. The van der Waals surface area contributed by atoms with Crippen molar-refractivity contribution >= 4 is 62.2 Å². The lowest BCUT2D eigenvalue weighted by Gasteiger charge is -2.30. The van der Waals surface area contributed by atoms with Crippen LogP contribution in [0.25, 0.3) is 11.8 Å². The number of ether oxygens (including phenoxy) is 1. The lowest BCUT2D eigenvalue weighted by molar-refractivity contribution is 0.306. The van der Waals surface area contributed by atoms with Gasteiger partial charge in [-0.05, 0) is 77.6 Å². The van der Waals surface area contributed by atoms with E-state index in [4.69, 9.17) is 32.9 Å². The Morgan fingerprint density at radius 2 is 1.76 bits per heavy atom. The van der Waals surface area contributed by atoms with Gasteiger partial charge in [-0.2, -0.15) is 0 Å². The minimum Gasteiger partial charge on any atom is -0.489 e. The van der Waals surface area contributed by atoms with E-state index in [0.717, 1.165) is 50.1 Å². The molecule has 4 aromatic carbocycles. The van der Waals surface area contributed by atoms with Crippen LogP contribution in [-0.2, 0) is 13.0 Å². The van der Waals surface area contributed by atoms with Crippen molar-refractivity contribution in [2.24, 2.45) is 4.99 Å². The zero-order valence-corrected chi connectivity index (χ0v) is 26.1. The summed E-state index contributed by atoms with van der Waals surface area (Å²) < 4.78 is 9.46. The number of aromatic nitrogens is 1. The SMILES string of the molecule is O=c1/c(=C\c2ccc(OCc3ccc(Cl)cc3Cl)cc2)sc2n1[C@@H](c1ccc(Br)cc1)C1=C(N=2)c2ccccc2CC1. The quantitative estimate of drug-likeness (QED) is 0.190. The van der Waals surface area contributed by atoms with E-state index in [9.17, 15) is 4.79 Å². The summed E-state index contributed by atoms with van der Waals surface area (Å²) in [6, 6.07) is 29.6. The summed E-state index contributed by atoms with van der Waals surface area (Å²) in [7, 11) is 0. The first-order valence-corrected chi connectivity index (χ1v) is 15.9. The molecular formula is C34H23BrCl2N2O2S. The molecule has 0 bridgehead atoms. The van der Waals surface area contributed by atoms with E-state index in [1.807, 2.05) is 53.1 Å². The molecule has 0 N–H and O–H groups in total. The molecule has 1 aliphatic carbocycles. The van der Waals surface area contributed by atoms with Crippen molar-refractivity contribution in [2.45, 2.75) is 25.5 Å². The number of hydrogen-bond donors (Lipinski definition) is 0. The van der Waals surface area contributed by atoms with E-state index in [2.05, 4.69) is 52.3 Å². The molecule has 8 heteroatoms. The monoisotopic (exact) mass is 672 g/mol. The van der Waals surface area contributed by atoms with Gasteiger partial charge in [0.15, 0.2) is 4.80 Å². The number of allylic oxidation sites excluding steroid dienone is 1. The van der Waals surface area contributed by atoms with Gasteiger partial charge < -0.3 is 4.74 Å². The van der Waals surface area contributed by atoms with Gasteiger partial charge >= 0.3 is 0 Å². The first-order valence-electron chi connectivity index (χ1n) is 13.5. The van der Waals surface area contributed by atoms with Gasteiger partial charge in [-0.15, -0.1) is 0 Å². The maximum atomic E-state index is 14.0. The van der Waals surface area contributed by atoms with Crippen molar-refractivity contribution < 1.29 is 4.74 Å². The normalized spacial score (nSPS) is 16.0. The number of nitrogens with zero attached hydrogens (tertiary/aromatic N) is 2. The van der Waals surface area contributed by atoms with Crippen LogP contribution in [0.2, 0.25) is 10.0 Å². The standard InChI is InChI=1S/C34H23BrCl2N2O2S/c35-24-11-7-22(8-12-24)32-28-16-10-21-3-1-2-4-27(21)31(28)38-34-39(32)33(40)30(42-34)17-20-5-14-26(15-6-20)41-19-23-9-13-25(36)18-29(23)37/h1-9,11-15,17-18,32H,10,16,19H2/b30-17+/t32-/m0/s1. The van der Waals surface area contributed by atoms with Crippen molar-refractivity contribution in [3.05, 3.63) is 159 Å². The van der Waals surface area contributed by atoms with Crippen molar-refractivity contribution in [1.29, 1.82) is 0 Å². The maximum absolute atomic E-state index is 14.0. The van der Waals surface area contributed by atoms with Gasteiger partial charge in [0.2, 0.25) is 0 Å². The molecule has 0 spiro atoms. The van der Waals surface area contributed by atoms with Crippen LogP contribution in [0, 0.1) is 0 Å². The summed E-state index contributed by atoms with van der Waals surface area (Å²) in [4.78, 5) is 19.8. The van der Waals surface area contributed by atoms with E-state index in [-0.39, 0.29) is 11.6 Å². The van der Waals surface area contributed by atoms with Crippen molar-refractivity contribution in [2.75, 3.05) is 0 Å². The third-order valence-corrected chi connectivity index (χ3v) is 9.74. The van der Waals surface area contributed by atoms with Crippen molar-refractivity contribution in [1.82, 2.24) is 4.57 Å². The first kappa shape index (κ1) is 27.4. The zero-order valence-electron chi connectivity index (χ0n) is 22.2. The molecule has 42 heavy (non-hydrogen) atoms. The van der Waals surface area contributed by atoms with Crippen LogP contribution < -0.4 is 19.6 Å². The molecule has 1 aromatic heterocycles. The van der Waals surface area contributed by atoms with Crippen LogP contribution in [-0.4, -0.2) is 4.57 Å². The predicted octanol–water partition coefficient (Wildman–Crippen LogP) is 7.97. The smallest absolute Gasteiger partial charge is 0.271 e. The Kier molecular flexibility index (Phi) is 7.40. The molecule has 7 rings (SSSR count). The summed E-state index contributed by atoms with van der Waals surface area (Å²) in [5, 5.41) is 1.16. The van der Waals surface area contributed by atoms with Gasteiger partial charge in [-0.1, -0.05) is 105 Å². The minimum absolute atomic E-state index is 0.0326. The molecule has 0 fully saturated rings. The Morgan fingerprint density at radius 1 is 0.976 bits per heavy atom. The number of benzene rings is 4. The average molecular weight is 674 g/mol. The molecule has 2 heterocycles. The van der Waals surface area contributed by atoms with Gasteiger partial charge in [0, 0.05) is 25.6 Å². The molecule has 1 aliphatic heterocycles. The molecule has 4 nitrogen and oxygen atoms in total. The van der Waals surface area contributed by atoms with E-state index in [0.29, 0.717) is 26.9 Å². The number of thiazole rings is 1. The van der Waals surface area contributed by atoms with E-state index in [1.54, 1.807) is 12.1 Å². The first-order chi connectivity index (χ1) is 20.4. The van der Waals surface area contributed by atoms with Gasteiger partial charge in [-0.3, -0.25) is 9.36 Å². The molecule has 0 saturated heterocycles. The molecular weight excluding hydrogens is 651 g/mol. The second kappa shape index (κ2) is 11.3. The largest absolute Gasteiger partial charge is 0.489 e. The number of rotatable bonds is 5. The van der Waals surface area contributed by atoms with Crippen LogP contribution in [0.4, 0.5) is 0 Å². The van der Waals surface area contributed by atoms with Gasteiger partial charge in [0.05, 0.1) is 16.3 Å². The van der Waals surface area contributed by atoms with E-state index >= 15 is 0 Å². The molecule has 0 unspecified atom stereocenters. The Bertz CT molecular complexity index is 2050. The summed E-state index contributed by atoms with van der Waals surface area (Å²) >= 11 is 17.3. The third kappa shape index (κ3) is 5.18. The highest BCUT2D eigenvalue weighted by molar-refractivity contribution is 9.10. The topological polar surface area (TPSA) is 43.6 Å². The fourth-order valence-electron chi connectivity index (χ4n) is 5.58. The van der Waals surface area contributed by atoms with Crippen molar-refractivity contribution in [3.8, 4) is 5.75 Å². The van der Waals surface area contributed by atoms with Crippen LogP contribution in [0.5, 0.6) is 5.75 Å². The molecule has 0 saturated carbocycles. The third-order valence-electron chi connectivity index (χ3n) is 7.65. The number of halogens is 3. The average Bonchev–Trinajstić information content (AvgIpc) is 3.31. The van der Waals surface area contributed by atoms with Gasteiger partial charge in [0.1, 0.15) is 12.4 Å². The maximum Gasteiger partial charge on any atom is 0.271 e. The highest BCUT2D eigenvalue weighted by Crippen LogP contribution is 2.41. The lowest BCUT2D eigenvalue weighted by Crippen LogP contribution is -2.38. The second-order valence-electron chi connectivity index (χ2n) is 10.3.